The average Bonchev–Trinajstić information content (AvgIpc) is 2.04. The Kier molecular flexibility index (Phi) is 3.08. The van der Waals surface area contributed by atoms with Gasteiger partial charge in [-0.1, -0.05) is 12.1 Å². The van der Waals surface area contributed by atoms with Gasteiger partial charge in [0.1, 0.15) is 0 Å². The Balaban J connectivity index is 2.71. The van der Waals surface area contributed by atoms with E-state index in [2.05, 4.69) is 5.32 Å². The highest BCUT2D eigenvalue weighted by Gasteiger charge is 2.03. The maximum atomic E-state index is 5.56. The van der Waals surface area contributed by atoms with E-state index >= 15 is 0 Å². The van der Waals surface area contributed by atoms with E-state index < -0.39 is 0 Å². The molecule has 5 N–H and O–H groups in total. The lowest BCUT2D eigenvalue weighted by Gasteiger charge is -2.13. The van der Waals surface area contributed by atoms with Gasteiger partial charge in [0.25, 0.3) is 0 Å². The fraction of sp³-hybridized carbons (Fsp3) is 0.222. The van der Waals surface area contributed by atoms with Crippen LogP contribution in [0, 0.1) is 0 Å². The van der Waals surface area contributed by atoms with Crippen LogP contribution in [-0.4, -0.2) is 5.11 Å². The van der Waals surface area contributed by atoms with Crippen LogP contribution in [0.2, 0.25) is 0 Å². The van der Waals surface area contributed by atoms with Gasteiger partial charge in [-0.3, -0.25) is 0 Å². The number of benzene rings is 1. The molecular formula is C9H13N3S. The smallest absolute Gasteiger partial charge is 0.164 e. The predicted molar refractivity (Wildman–Crippen MR) is 59.2 cm³/mol. The van der Waals surface area contributed by atoms with Crippen molar-refractivity contribution in [3.63, 3.8) is 0 Å². The summed E-state index contributed by atoms with van der Waals surface area (Å²) in [4.78, 5) is 0. The third kappa shape index (κ3) is 2.91. The summed E-state index contributed by atoms with van der Waals surface area (Å²) in [6.45, 7) is 1.99. The molecule has 1 aromatic rings. The van der Waals surface area contributed by atoms with Crippen LogP contribution < -0.4 is 16.8 Å². The van der Waals surface area contributed by atoms with Crippen LogP contribution in [0.4, 0.5) is 5.69 Å². The number of thiocarbonyl (C=S) groups is 1. The van der Waals surface area contributed by atoms with Crippen LogP contribution in [0.3, 0.4) is 0 Å². The molecule has 1 atom stereocenters. The zero-order chi connectivity index (χ0) is 9.84. The molecule has 0 aliphatic carbocycles. The Bertz CT molecular complexity index is 294. The Labute approximate surface area is 83.1 Å². The number of nitrogens with two attached hydrogens (primary N) is 2. The molecule has 0 aliphatic rings. The van der Waals surface area contributed by atoms with E-state index in [1.54, 1.807) is 0 Å². The van der Waals surface area contributed by atoms with Crippen LogP contribution in [0.15, 0.2) is 24.3 Å². The molecule has 0 radical (unpaired) electrons. The average molecular weight is 195 g/mol. The van der Waals surface area contributed by atoms with Crippen LogP contribution >= 0.6 is 12.2 Å². The van der Waals surface area contributed by atoms with Crippen LogP contribution in [0.1, 0.15) is 18.5 Å². The molecule has 0 saturated carbocycles. The highest BCUT2D eigenvalue weighted by Crippen LogP contribution is 2.13. The third-order valence-corrected chi connectivity index (χ3v) is 1.91. The highest BCUT2D eigenvalue weighted by molar-refractivity contribution is 7.80. The minimum Gasteiger partial charge on any atom is -0.399 e. The first-order valence-electron chi connectivity index (χ1n) is 4.01. The van der Waals surface area contributed by atoms with Gasteiger partial charge < -0.3 is 16.8 Å². The maximum absolute atomic E-state index is 5.56. The van der Waals surface area contributed by atoms with E-state index in [1.807, 2.05) is 31.2 Å². The minimum atomic E-state index is 0.123. The Morgan fingerprint density at radius 3 is 2.38 bits per heavy atom. The summed E-state index contributed by atoms with van der Waals surface area (Å²) in [5, 5.41) is 3.26. The van der Waals surface area contributed by atoms with Gasteiger partial charge in [0, 0.05) is 5.69 Å². The van der Waals surface area contributed by atoms with Gasteiger partial charge in [0.2, 0.25) is 0 Å². The van der Waals surface area contributed by atoms with Crippen molar-refractivity contribution in [3.8, 4) is 0 Å². The SMILES string of the molecule is C[C@H](NC(N)=S)c1ccc(N)cc1. The van der Waals surface area contributed by atoms with E-state index in [0.717, 1.165) is 11.3 Å². The molecule has 0 spiro atoms. The quantitative estimate of drug-likeness (QED) is 0.489. The summed E-state index contributed by atoms with van der Waals surface area (Å²) in [6, 6.07) is 7.73. The molecule has 0 aliphatic heterocycles. The van der Waals surface area contributed by atoms with Gasteiger partial charge in [-0.05, 0) is 36.8 Å². The topological polar surface area (TPSA) is 64.1 Å². The first-order valence-corrected chi connectivity index (χ1v) is 4.42. The fourth-order valence-corrected chi connectivity index (χ4v) is 1.26. The largest absolute Gasteiger partial charge is 0.399 e. The summed E-state index contributed by atoms with van der Waals surface area (Å²) >= 11 is 4.74. The number of nitrogen functional groups attached to an aromatic ring is 1. The van der Waals surface area contributed by atoms with Gasteiger partial charge in [-0.2, -0.15) is 0 Å². The summed E-state index contributed by atoms with van der Waals surface area (Å²) < 4.78 is 0. The van der Waals surface area contributed by atoms with Crippen LogP contribution in [-0.2, 0) is 0 Å². The molecule has 0 heterocycles. The van der Waals surface area contributed by atoms with E-state index in [-0.39, 0.29) is 6.04 Å². The molecular weight excluding hydrogens is 182 g/mol. The number of hydrogen-bond donors (Lipinski definition) is 3. The first-order chi connectivity index (χ1) is 6.09. The molecule has 0 saturated heterocycles. The van der Waals surface area contributed by atoms with Gasteiger partial charge in [-0.15, -0.1) is 0 Å². The van der Waals surface area contributed by atoms with Crippen molar-refractivity contribution in [1.29, 1.82) is 0 Å². The third-order valence-electron chi connectivity index (χ3n) is 1.80. The molecule has 13 heavy (non-hydrogen) atoms. The minimum absolute atomic E-state index is 0.123. The second-order valence-electron chi connectivity index (χ2n) is 2.90. The summed E-state index contributed by atoms with van der Waals surface area (Å²) in [5.74, 6) is 0. The van der Waals surface area contributed by atoms with Gasteiger partial charge in [-0.25, -0.2) is 0 Å². The first kappa shape index (κ1) is 9.80. The van der Waals surface area contributed by atoms with E-state index in [4.69, 9.17) is 23.7 Å². The van der Waals surface area contributed by atoms with E-state index in [0.29, 0.717) is 5.11 Å². The summed E-state index contributed by atoms with van der Waals surface area (Å²) in [5.41, 5.74) is 12.8. The standard InChI is InChI=1S/C9H13N3S/c1-6(12-9(11)13)7-2-4-8(10)5-3-7/h2-6H,10H2,1H3,(H3,11,12,13)/t6-/m0/s1. The van der Waals surface area contributed by atoms with E-state index in [9.17, 15) is 0 Å². The lowest BCUT2D eigenvalue weighted by atomic mass is 10.1. The van der Waals surface area contributed by atoms with E-state index in [1.165, 1.54) is 0 Å². The maximum Gasteiger partial charge on any atom is 0.164 e. The van der Waals surface area contributed by atoms with Crippen LogP contribution in [0.25, 0.3) is 0 Å². The predicted octanol–water partition coefficient (Wildman–Crippen LogP) is 1.16. The molecule has 1 aromatic carbocycles. The van der Waals surface area contributed by atoms with Crippen molar-refractivity contribution in [1.82, 2.24) is 5.32 Å². The number of hydrogen-bond acceptors (Lipinski definition) is 2. The second-order valence-corrected chi connectivity index (χ2v) is 3.34. The van der Waals surface area contributed by atoms with Crippen molar-refractivity contribution >= 4 is 23.0 Å². The summed E-state index contributed by atoms with van der Waals surface area (Å²) in [6.07, 6.45) is 0. The molecule has 0 amide bonds. The van der Waals surface area contributed by atoms with Gasteiger partial charge >= 0.3 is 0 Å². The van der Waals surface area contributed by atoms with Crippen molar-refractivity contribution in [2.75, 3.05) is 5.73 Å². The molecule has 0 aromatic heterocycles. The molecule has 0 fully saturated rings. The molecule has 3 nitrogen and oxygen atoms in total. The normalized spacial score (nSPS) is 12.1. The van der Waals surface area contributed by atoms with Crippen molar-refractivity contribution in [2.24, 2.45) is 5.73 Å². The monoisotopic (exact) mass is 195 g/mol. The second kappa shape index (κ2) is 4.09. The zero-order valence-corrected chi connectivity index (χ0v) is 8.27. The Morgan fingerprint density at radius 1 is 1.38 bits per heavy atom. The van der Waals surface area contributed by atoms with Crippen molar-refractivity contribution < 1.29 is 0 Å². The van der Waals surface area contributed by atoms with Gasteiger partial charge in [0.05, 0.1) is 6.04 Å². The fourth-order valence-electron chi connectivity index (χ4n) is 1.08. The zero-order valence-electron chi connectivity index (χ0n) is 7.45. The molecule has 1 rings (SSSR count). The number of anilines is 1. The molecule has 4 heteroatoms. The highest BCUT2D eigenvalue weighted by atomic mass is 32.1. The molecule has 0 bridgehead atoms. The Hall–Kier alpha value is -1.29. The molecule has 0 unspecified atom stereocenters. The van der Waals surface area contributed by atoms with Gasteiger partial charge in [0.15, 0.2) is 5.11 Å². The summed E-state index contributed by atoms with van der Waals surface area (Å²) in [7, 11) is 0. The van der Waals surface area contributed by atoms with Crippen molar-refractivity contribution in [3.05, 3.63) is 29.8 Å². The lowest BCUT2D eigenvalue weighted by Crippen LogP contribution is -2.31. The van der Waals surface area contributed by atoms with Crippen molar-refractivity contribution in [2.45, 2.75) is 13.0 Å². The van der Waals surface area contributed by atoms with Crippen LogP contribution in [0.5, 0.6) is 0 Å². The number of rotatable bonds is 2. The number of nitrogens with one attached hydrogen (secondary N) is 1. The Morgan fingerprint density at radius 2 is 1.92 bits per heavy atom. The molecule has 70 valence electrons. The lowest BCUT2D eigenvalue weighted by molar-refractivity contribution is 0.720.